The van der Waals surface area contributed by atoms with E-state index in [0.717, 1.165) is 17.5 Å². The van der Waals surface area contributed by atoms with Crippen LogP contribution in [0.2, 0.25) is 0 Å². The summed E-state index contributed by atoms with van der Waals surface area (Å²) in [6.45, 7) is 4.39. The van der Waals surface area contributed by atoms with Gasteiger partial charge in [0.1, 0.15) is 0 Å². The van der Waals surface area contributed by atoms with Crippen LogP contribution in [0, 0.1) is 5.92 Å². The number of nitrogens with one attached hydrogen (secondary N) is 3. The van der Waals surface area contributed by atoms with Crippen molar-refractivity contribution < 1.29 is 14.1 Å². The van der Waals surface area contributed by atoms with Crippen molar-refractivity contribution in [3.8, 4) is 11.4 Å². The van der Waals surface area contributed by atoms with Gasteiger partial charge in [0.25, 0.3) is 0 Å². The summed E-state index contributed by atoms with van der Waals surface area (Å²) < 4.78 is 5.60. The van der Waals surface area contributed by atoms with Crippen molar-refractivity contribution in [1.82, 2.24) is 26.1 Å². The third-order valence-electron chi connectivity index (χ3n) is 6.01. The lowest BCUT2D eigenvalue weighted by Crippen LogP contribution is -2.44. The molecule has 1 aromatic heterocycles. The third kappa shape index (κ3) is 6.01. The Balaban J connectivity index is 1.43. The molecule has 1 aliphatic rings. The molecular weight excluding hydrogens is 430 g/mol. The van der Waals surface area contributed by atoms with Crippen LogP contribution in [0.3, 0.4) is 0 Å². The maximum Gasteiger partial charge on any atom is 0.315 e. The molecule has 0 unspecified atom stereocenters. The molecule has 3 amide bonds. The van der Waals surface area contributed by atoms with E-state index in [-0.39, 0.29) is 35.9 Å². The summed E-state index contributed by atoms with van der Waals surface area (Å²) in [7, 11) is 0. The quantitative estimate of drug-likeness (QED) is 0.474. The van der Waals surface area contributed by atoms with Crippen molar-refractivity contribution in [2.45, 2.75) is 51.1 Å². The second-order valence-electron chi connectivity index (χ2n) is 9.00. The van der Waals surface area contributed by atoms with E-state index in [1.165, 1.54) is 0 Å². The van der Waals surface area contributed by atoms with Crippen LogP contribution in [-0.2, 0) is 11.2 Å². The first kappa shape index (κ1) is 23.5. The lowest BCUT2D eigenvalue weighted by atomic mass is 10.0. The minimum Gasteiger partial charge on any atom is -0.354 e. The van der Waals surface area contributed by atoms with Crippen LogP contribution in [0.25, 0.3) is 11.4 Å². The molecule has 4 rings (SSSR count). The van der Waals surface area contributed by atoms with E-state index in [1.807, 2.05) is 74.5 Å². The van der Waals surface area contributed by atoms with Crippen LogP contribution in [0.4, 0.5) is 4.79 Å². The summed E-state index contributed by atoms with van der Waals surface area (Å²) in [5, 5.41) is 13.1. The molecule has 34 heavy (non-hydrogen) atoms. The average Bonchev–Trinajstić information content (AvgIpc) is 3.47. The van der Waals surface area contributed by atoms with Crippen molar-refractivity contribution in [3.63, 3.8) is 0 Å². The molecule has 0 aliphatic heterocycles. The fourth-order valence-electron chi connectivity index (χ4n) is 4.36. The third-order valence-corrected chi connectivity index (χ3v) is 6.01. The Hall–Kier alpha value is -3.68. The number of amides is 3. The molecule has 8 nitrogen and oxygen atoms in total. The molecule has 3 N–H and O–H groups in total. The van der Waals surface area contributed by atoms with Crippen molar-refractivity contribution in [2.24, 2.45) is 5.92 Å². The smallest absolute Gasteiger partial charge is 0.315 e. The minimum atomic E-state index is -0.288. The number of carbonyl (C=O) groups is 2. The number of rotatable bonds is 8. The fourth-order valence-corrected chi connectivity index (χ4v) is 4.36. The van der Waals surface area contributed by atoms with Gasteiger partial charge >= 0.3 is 6.03 Å². The largest absolute Gasteiger partial charge is 0.354 e. The van der Waals surface area contributed by atoms with Gasteiger partial charge < -0.3 is 20.5 Å². The van der Waals surface area contributed by atoms with Crippen molar-refractivity contribution in [3.05, 3.63) is 72.1 Å². The topological polar surface area (TPSA) is 109 Å². The van der Waals surface area contributed by atoms with Crippen LogP contribution < -0.4 is 16.0 Å². The summed E-state index contributed by atoms with van der Waals surface area (Å²) in [5.74, 6) is 0.434. The highest BCUT2D eigenvalue weighted by atomic mass is 16.5. The summed E-state index contributed by atoms with van der Waals surface area (Å²) in [6, 6.07) is 19.1. The predicted octanol–water partition coefficient (Wildman–Crippen LogP) is 3.67. The molecule has 3 aromatic rings. The van der Waals surface area contributed by atoms with Crippen molar-refractivity contribution >= 4 is 11.9 Å². The average molecular weight is 462 g/mol. The van der Waals surface area contributed by atoms with E-state index in [1.54, 1.807) is 0 Å². The number of benzene rings is 2. The standard InChI is InChI=1S/C26H31N5O3/c1-17(2)28-24(32)20-15-21(25-30-23(31-34-25)19-11-7-4-8-12-19)22(16-20)29-26(33)27-14-13-18-9-5-3-6-10-18/h3-12,17,20-22H,13-16H2,1-2H3,(H,28,32)(H2,27,29,33)/t20-,21-,22+/m1/s1. The molecule has 8 heteroatoms. The second-order valence-corrected chi connectivity index (χ2v) is 9.00. The lowest BCUT2D eigenvalue weighted by molar-refractivity contribution is -0.125. The molecular formula is C26H31N5O3. The molecule has 1 heterocycles. The molecule has 0 radical (unpaired) electrons. The van der Waals surface area contributed by atoms with Gasteiger partial charge in [0.15, 0.2) is 0 Å². The first-order valence-corrected chi connectivity index (χ1v) is 11.8. The van der Waals surface area contributed by atoms with Crippen LogP contribution in [0.5, 0.6) is 0 Å². The fraction of sp³-hybridized carbons (Fsp3) is 0.385. The number of nitrogens with zero attached hydrogens (tertiary/aromatic N) is 2. The van der Waals surface area contributed by atoms with Gasteiger partial charge in [0, 0.05) is 30.1 Å². The Morgan fingerprint density at radius 2 is 1.74 bits per heavy atom. The summed E-state index contributed by atoms with van der Waals surface area (Å²) in [6.07, 6.45) is 1.79. The van der Waals surface area contributed by atoms with Crippen molar-refractivity contribution in [2.75, 3.05) is 6.54 Å². The van der Waals surface area contributed by atoms with E-state index >= 15 is 0 Å². The normalized spacial score (nSPS) is 19.7. The minimum absolute atomic E-state index is 0.0171. The van der Waals surface area contributed by atoms with Crippen LogP contribution in [0.1, 0.15) is 44.1 Å². The maximum absolute atomic E-state index is 12.7. The molecule has 2 aromatic carbocycles. The first-order chi connectivity index (χ1) is 16.5. The Morgan fingerprint density at radius 3 is 2.44 bits per heavy atom. The number of carbonyl (C=O) groups excluding carboxylic acids is 2. The van der Waals surface area contributed by atoms with Crippen LogP contribution in [-0.4, -0.2) is 40.7 Å². The zero-order valence-electron chi connectivity index (χ0n) is 19.5. The zero-order valence-corrected chi connectivity index (χ0v) is 19.5. The van der Waals surface area contributed by atoms with E-state index in [0.29, 0.717) is 31.1 Å². The molecule has 3 atom stereocenters. The second kappa shape index (κ2) is 11.0. The number of urea groups is 1. The van der Waals surface area contributed by atoms with E-state index in [4.69, 9.17) is 4.52 Å². The molecule has 178 valence electrons. The van der Waals surface area contributed by atoms with Gasteiger partial charge in [-0.05, 0) is 38.7 Å². The van der Waals surface area contributed by atoms with Crippen LogP contribution >= 0.6 is 0 Å². The zero-order chi connectivity index (χ0) is 23.9. The van der Waals surface area contributed by atoms with Gasteiger partial charge in [-0.1, -0.05) is 65.8 Å². The highest BCUT2D eigenvalue weighted by molar-refractivity contribution is 5.80. The molecule has 1 saturated carbocycles. The van der Waals surface area contributed by atoms with Crippen molar-refractivity contribution in [1.29, 1.82) is 0 Å². The SMILES string of the molecule is CC(C)NC(=O)[C@H]1C[C@H](NC(=O)NCCc2ccccc2)[C@H](c2nc(-c3ccccc3)no2)C1. The van der Waals surface area contributed by atoms with Gasteiger partial charge in [0.2, 0.25) is 17.6 Å². The van der Waals surface area contributed by atoms with Gasteiger partial charge in [-0.2, -0.15) is 4.98 Å². The van der Waals surface area contributed by atoms with E-state index < -0.39 is 0 Å². The number of hydrogen-bond acceptors (Lipinski definition) is 5. The molecule has 1 aliphatic carbocycles. The van der Waals surface area contributed by atoms with E-state index in [9.17, 15) is 9.59 Å². The molecule has 0 saturated heterocycles. The Kier molecular flexibility index (Phi) is 7.57. The Labute approximate surface area is 199 Å². The Morgan fingerprint density at radius 1 is 1.03 bits per heavy atom. The molecule has 0 bridgehead atoms. The van der Waals surface area contributed by atoms with Crippen LogP contribution in [0.15, 0.2) is 65.2 Å². The van der Waals surface area contributed by atoms with Gasteiger partial charge in [-0.25, -0.2) is 4.79 Å². The first-order valence-electron chi connectivity index (χ1n) is 11.8. The highest BCUT2D eigenvalue weighted by Gasteiger charge is 2.42. The van der Waals surface area contributed by atoms with Gasteiger partial charge in [-0.3, -0.25) is 4.79 Å². The van der Waals surface area contributed by atoms with E-state index in [2.05, 4.69) is 26.1 Å². The van der Waals surface area contributed by atoms with Gasteiger partial charge in [0.05, 0.1) is 5.92 Å². The number of aromatic nitrogens is 2. The summed E-state index contributed by atoms with van der Waals surface area (Å²) >= 11 is 0. The monoisotopic (exact) mass is 461 g/mol. The number of hydrogen-bond donors (Lipinski definition) is 3. The highest BCUT2D eigenvalue weighted by Crippen LogP contribution is 2.38. The predicted molar refractivity (Wildman–Crippen MR) is 129 cm³/mol. The Bertz CT molecular complexity index is 1080. The van der Waals surface area contributed by atoms with Gasteiger partial charge in [-0.15, -0.1) is 0 Å². The molecule has 1 fully saturated rings. The summed E-state index contributed by atoms with van der Waals surface area (Å²) in [5.41, 5.74) is 2.01. The molecule has 0 spiro atoms. The maximum atomic E-state index is 12.7. The summed E-state index contributed by atoms with van der Waals surface area (Å²) in [4.78, 5) is 30.0. The lowest BCUT2D eigenvalue weighted by Gasteiger charge is -2.18.